The van der Waals surface area contributed by atoms with Gasteiger partial charge in [-0.1, -0.05) is 38.1 Å². The number of aromatic nitrogens is 1. The molecule has 0 unspecified atom stereocenters. The maximum absolute atomic E-state index is 12.1. The Balaban J connectivity index is 2.32. The zero-order chi connectivity index (χ0) is 12.3. The van der Waals surface area contributed by atoms with Gasteiger partial charge >= 0.3 is 0 Å². The molecule has 0 fully saturated rings. The Morgan fingerprint density at radius 3 is 2.76 bits per heavy atom. The second kappa shape index (κ2) is 5.09. The third kappa shape index (κ3) is 2.70. The fourth-order valence-electron chi connectivity index (χ4n) is 1.89. The summed E-state index contributed by atoms with van der Waals surface area (Å²) in [7, 11) is 0. The first kappa shape index (κ1) is 11.8. The molecular formula is C15H17NO. The molecular weight excluding hydrogens is 210 g/mol. The van der Waals surface area contributed by atoms with Gasteiger partial charge in [0, 0.05) is 29.8 Å². The van der Waals surface area contributed by atoms with Gasteiger partial charge in [-0.2, -0.15) is 0 Å². The minimum atomic E-state index is 0.197. The van der Waals surface area contributed by atoms with Gasteiger partial charge in [0.1, 0.15) is 0 Å². The van der Waals surface area contributed by atoms with Gasteiger partial charge in [-0.25, -0.2) is 0 Å². The predicted molar refractivity (Wildman–Crippen MR) is 70.1 cm³/mol. The first-order valence-corrected chi connectivity index (χ1v) is 6.04. The number of ketones is 1. The van der Waals surface area contributed by atoms with Crippen molar-refractivity contribution in [1.82, 2.24) is 4.98 Å². The number of carbonyl (C=O) groups is 1. The van der Waals surface area contributed by atoms with E-state index in [4.69, 9.17) is 0 Å². The number of hydrogen-bond donors (Lipinski definition) is 0. The number of carbonyl (C=O) groups excluding carboxylic acids is 1. The van der Waals surface area contributed by atoms with Crippen LogP contribution < -0.4 is 0 Å². The van der Waals surface area contributed by atoms with Crippen LogP contribution >= 0.6 is 0 Å². The van der Waals surface area contributed by atoms with Crippen LogP contribution in [0.25, 0.3) is 10.8 Å². The Bertz CT molecular complexity index is 526. The number of fused-ring (bicyclic) bond motifs is 1. The summed E-state index contributed by atoms with van der Waals surface area (Å²) in [4.78, 5) is 16.3. The van der Waals surface area contributed by atoms with E-state index in [2.05, 4.69) is 18.8 Å². The number of rotatable bonds is 4. The van der Waals surface area contributed by atoms with Crippen LogP contribution in [0, 0.1) is 5.92 Å². The molecule has 1 aromatic carbocycles. The monoisotopic (exact) mass is 227 g/mol. The minimum Gasteiger partial charge on any atom is -0.294 e. The molecule has 1 heterocycles. The van der Waals surface area contributed by atoms with Crippen molar-refractivity contribution in [2.24, 2.45) is 5.92 Å². The molecule has 0 aliphatic carbocycles. The lowest BCUT2D eigenvalue weighted by molar-refractivity contribution is 0.0976. The number of Topliss-reactive ketones (excluding diaryl/α,β-unsaturated/α-hetero) is 1. The highest BCUT2D eigenvalue weighted by molar-refractivity contribution is 6.07. The van der Waals surface area contributed by atoms with Gasteiger partial charge in [0.25, 0.3) is 0 Å². The smallest absolute Gasteiger partial charge is 0.165 e. The zero-order valence-corrected chi connectivity index (χ0v) is 10.3. The summed E-state index contributed by atoms with van der Waals surface area (Å²) in [5.41, 5.74) is 0.753. The predicted octanol–water partition coefficient (Wildman–Crippen LogP) is 3.85. The Hall–Kier alpha value is -1.70. The van der Waals surface area contributed by atoms with Crippen LogP contribution in [0.3, 0.4) is 0 Å². The van der Waals surface area contributed by atoms with Crippen LogP contribution in [0.2, 0.25) is 0 Å². The quantitative estimate of drug-likeness (QED) is 0.742. The van der Waals surface area contributed by atoms with Gasteiger partial charge in [-0.3, -0.25) is 9.78 Å². The molecule has 17 heavy (non-hydrogen) atoms. The second-order valence-corrected chi connectivity index (χ2v) is 4.76. The summed E-state index contributed by atoms with van der Waals surface area (Å²) in [6.45, 7) is 4.27. The lowest BCUT2D eigenvalue weighted by Gasteiger charge is -2.06. The van der Waals surface area contributed by atoms with Gasteiger partial charge in [-0.15, -0.1) is 0 Å². The van der Waals surface area contributed by atoms with Gasteiger partial charge in [-0.05, 0) is 17.7 Å². The molecule has 0 saturated heterocycles. The SMILES string of the molecule is CC(C)CCC(=O)c1cncc2ccccc12. The molecule has 2 heteroatoms. The third-order valence-electron chi connectivity index (χ3n) is 2.92. The van der Waals surface area contributed by atoms with E-state index in [1.807, 2.05) is 24.3 Å². The van der Waals surface area contributed by atoms with Gasteiger partial charge in [0.05, 0.1) is 0 Å². The number of nitrogens with zero attached hydrogens (tertiary/aromatic N) is 1. The van der Waals surface area contributed by atoms with E-state index in [0.29, 0.717) is 12.3 Å². The fourth-order valence-corrected chi connectivity index (χ4v) is 1.89. The number of pyridine rings is 1. The molecule has 0 bridgehead atoms. The molecule has 2 nitrogen and oxygen atoms in total. The average molecular weight is 227 g/mol. The van der Waals surface area contributed by atoms with Crippen molar-refractivity contribution in [2.75, 3.05) is 0 Å². The summed E-state index contributed by atoms with van der Waals surface area (Å²) < 4.78 is 0. The van der Waals surface area contributed by atoms with Crippen LogP contribution in [-0.2, 0) is 0 Å². The van der Waals surface area contributed by atoms with Crippen molar-refractivity contribution in [3.8, 4) is 0 Å². The highest BCUT2D eigenvalue weighted by Gasteiger charge is 2.10. The highest BCUT2D eigenvalue weighted by atomic mass is 16.1. The van der Waals surface area contributed by atoms with Crippen LogP contribution in [0.15, 0.2) is 36.7 Å². The van der Waals surface area contributed by atoms with E-state index in [1.54, 1.807) is 12.4 Å². The maximum Gasteiger partial charge on any atom is 0.165 e. The second-order valence-electron chi connectivity index (χ2n) is 4.76. The maximum atomic E-state index is 12.1. The molecule has 0 radical (unpaired) electrons. The largest absolute Gasteiger partial charge is 0.294 e. The lowest BCUT2D eigenvalue weighted by atomic mass is 9.99. The van der Waals surface area contributed by atoms with E-state index in [0.717, 1.165) is 22.8 Å². The standard InChI is InChI=1S/C15H17NO/c1-11(2)7-8-15(17)14-10-16-9-12-5-3-4-6-13(12)14/h3-6,9-11H,7-8H2,1-2H3. The average Bonchev–Trinajstić information content (AvgIpc) is 2.35. The molecule has 0 saturated carbocycles. The summed E-state index contributed by atoms with van der Waals surface area (Å²) in [6, 6.07) is 7.90. The Labute approximate surface area is 102 Å². The molecule has 0 aliphatic heterocycles. The van der Waals surface area contributed by atoms with Crippen molar-refractivity contribution in [1.29, 1.82) is 0 Å². The third-order valence-corrected chi connectivity index (χ3v) is 2.92. The molecule has 1 aromatic heterocycles. The molecule has 0 atom stereocenters. The number of hydrogen-bond acceptors (Lipinski definition) is 2. The fraction of sp³-hybridized carbons (Fsp3) is 0.333. The first-order chi connectivity index (χ1) is 8.18. The molecule has 0 N–H and O–H groups in total. The van der Waals surface area contributed by atoms with Gasteiger partial charge < -0.3 is 0 Å². The molecule has 88 valence electrons. The molecule has 0 aliphatic rings. The van der Waals surface area contributed by atoms with E-state index >= 15 is 0 Å². The van der Waals surface area contributed by atoms with Crippen LogP contribution in [-0.4, -0.2) is 10.8 Å². The summed E-state index contributed by atoms with van der Waals surface area (Å²) >= 11 is 0. The molecule has 2 aromatic rings. The Kier molecular flexibility index (Phi) is 3.52. The summed E-state index contributed by atoms with van der Waals surface area (Å²) in [5.74, 6) is 0.755. The molecule has 0 spiro atoms. The topological polar surface area (TPSA) is 30.0 Å². The van der Waals surface area contributed by atoms with Gasteiger partial charge in [0.15, 0.2) is 5.78 Å². The normalized spacial score (nSPS) is 11.0. The lowest BCUT2D eigenvalue weighted by Crippen LogP contribution is -2.02. The molecule has 2 rings (SSSR count). The van der Waals surface area contributed by atoms with E-state index in [1.165, 1.54) is 0 Å². The highest BCUT2D eigenvalue weighted by Crippen LogP contribution is 2.19. The minimum absolute atomic E-state index is 0.197. The van der Waals surface area contributed by atoms with E-state index < -0.39 is 0 Å². The van der Waals surface area contributed by atoms with Crippen molar-refractivity contribution < 1.29 is 4.79 Å². The van der Waals surface area contributed by atoms with Crippen LogP contribution in [0.1, 0.15) is 37.0 Å². The summed E-state index contributed by atoms with van der Waals surface area (Å²) in [6.07, 6.45) is 5.02. The molecule has 0 amide bonds. The van der Waals surface area contributed by atoms with Crippen LogP contribution in [0.5, 0.6) is 0 Å². The van der Waals surface area contributed by atoms with E-state index in [9.17, 15) is 4.79 Å². The van der Waals surface area contributed by atoms with Crippen molar-refractivity contribution in [3.05, 3.63) is 42.2 Å². The van der Waals surface area contributed by atoms with Gasteiger partial charge in [0.2, 0.25) is 0 Å². The van der Waals surface area contributed by atoms with Crippen molar-refractivity contribution in [3.63, 3.8) is 0 Å². The zero-order valence-electron chi connectivity index (χ0n) is 10.3. The Morgan fingerprint density at radius 1 is 1.24 bits per heavy atom. The van der Waals surface area contributed by atoms with Crippen LogP contribution in [0.4, 0.5) is 0 Å². The number of benzene rings is 1. The van der Waals surface area contributed by atoms with E-state index in [-0.39, 0.29) is 5.78 Å². The first-order valence-electron chi connectivity index (χ1n) is 6.04. The summed E-state index contributed by atoms with van der Waals surface area (Å²) in [5, 5.41) is 2.04. The van der Waals surface area contributed by atoms with Crippen molar-refractivity contribution >= 4 is 16.6 Å². The Morgan fingerprint density at radius 2 is 2.00 bits per heavy atom. The van der Waals surface area contributed by atoms with Crippen molar-refractivity contribution in [2.45, 2.75) is 26.7 Å².